The van der Waals surface area contributed by atoms with Gasteiger partial charge < -0.3 is 15.1 Å². The van der Waals surface area contributed by atoms with E-state index in [0.717, 1.165) is 51.2 Å². The molecule has 1 aromatic heterocycles. The van der Waals surface area contributed by atoms with Crippen LogP contribution in [0.25, 0.3) is 0 Å². The topological polar surface area (TPSA) is 47.9 Å². The smallest absolute Gasteiger partial charge is 0.230 e. The molecule has 1 aliphatic rings. The van der Waals surface area contributed by atoms with Crippen molar-refractivity contribution in [1.82, 2.24) is 15.1 Å². The number of aliphatic imine (C=N–C) groups is 1. The van der Waals surface area contributed by atoms with Gasteiger partial charge in [-0.2, -0.15) is 0 Å². The first-order valence-electron chi connectivity index (χ1n) is 9.22. The summed E-state index contributed by atoms with van der Waals surface area (Å²) in [6.07, 6.45) is 5.16. The predicted molar refractivity (Wildman–Crippen MR) is 122 cm³/mol. The Morgan fingerprint density at radius 1 is 1.31 bits per heavy atom. The van der Waals surface area contributed by atoms with E-state index in [0.29, 0.717) is 6.54 Å². The number of amides is 1. The summed E-state index contributed by atoms with van der Waals surface area (Å²) in [6, 6.07) is 4.27. The van der Waals surface area contributed by atoms with Crippen LogP contribution in [0.5, 0.6) is 0 Å². The summed E-state index contributed by atoms with van der Waals surface area (Å²) in [4.78, 5) is 22.9. The number of thiophene rings is 1. The van der Waals surface area contributed by atoms with E-state index in [4.69, 9.17) is 4.99 Å². The second-order valence-electron chi connectivity index (χ2n) is 7.11. The Morgan fingerprint density at radius 2 is 2.00 bits per heavy atom. The third-order valence-electron chi connectivity index (χ3n) is 4.92. The maximum absolute atomic E-state index is 12.7. The Hall–Kier alpha value is -0.830. The van der Waals surface area contributed by atoms with E-state index < -0.39 is 0 Å². The van der Waals surface area contributed by atoms with E-state index in [9.17, 15) is 4.79 Å². The molecule has 148 valence electrons. The minimum Gasteiger partial charge on any atom is -0.357 e. The second kappa shape index (κ2) is 11.1. The third-order valence-corrected chi connectivity index (χ3v) is 5.86. The molecule has 1 aromatic rings. The molecule has 0 saturated heterocycles. The van der Waals surface area contributed by atoms with Crippen molar-refractivity contribution >= 4 is 47.2 Å². The summed E-state index contributed by atoms with van der Waals surface area (Å²) in [7, 11) is 5.78. The molecule has 2 rings (SSSR count). The number of halogens is 1. The quantitative estimate of drug-likeness (QED) is 0.361. The van der Waals surface area contributed by atoms with E-state index >= 15 is 0 Å². The van der Waals surface area contributed by atoms with Crippen molar-refractivity contribution in [3.05, 3.63) is 22.4 Å². The van der Waals surface area contributed by atoms with E-state index in [1.165, 1.54) is 4.88 Å². The maximum Gasteiger partial charge on any atom is 0.230 e. The predicted octanol–water partition coefficient (Wildman–Crippen LogP) is 3.45. The minimum atomic E-state index is -0.307. The average molecular weight is 492 g/mol. The summed E-state index contributed by atoms with van der Waals surface area (Å²) < 4.78 is 0. The van der Waals surface area contributed by atoms with Gasteiger partial charge in [0, 0.05) is 39.1 Å². The number of guanidine groups is 1. The molecule has 1 heterocycles. The molecule has 1 saturated carbocycles. The highest BCUT2D eigenvalue weighted by molar-refractivity contribution is 14.0. The van der Waals surface area contributed by atoms with Gasteiger partial charge in [0.05, 0.1) is 12.0 Å². The van der Waals surface area contributed by atoms with Crippen molar-refractivity contribution in [3.63, 3.8) is 0 Å². The molecule has 0 atom stereocenters. The van der Waals surface area contributed by atoms with E-state index in [-0.39, 0.29) is 35.3 Å². The second-order valence-corrected chi connectivity index (χ2v) is 8.14. The maximum atomic E-state index is 12.7. The lowest BCUT2D eigenvalue weighted by molar-refractivity contribution is -0.138. The Balaban J connectivity index is 0.00000338. The Bertz CT molecular complexity index is 568. The van der Waals surface area contributed by atoms with Gasteiger partial charge in [-0.1, -0.05) is 18.9 Å². The van der Waals surface area contributed by atoms with Crippen LogP contribution in [0.3, 0.4) is 0 Å². The summed E-state index contributed by atoms with van der Waals surface area (Å²) in [6.45, 7) is 4.41. The Morgan fingerprint density at radius 3 is 2.54 bits per heavy atom. The molecule has 1 amide bonds. The number of rotatable bonds is 7. The van der Waals surface area contributed by atoms with Crippen LogP contribution in [-0.2, 0) is 11.2 Å². The van der Waals surface area contributed by atoms with E-state index in [1.807, 2.05) is 14.1 Å². The first kappa shape index (κ1) is 23.2. The highest BCUT2D eigenvalue weighted by Crippen LogP contribution is 2.39. The standard InChI is InChI=1S/C19H32N4OS.HI/c1-5-20-18(23(4)13-10-16-9-8-14-25-16)21-15-19(11-6-7-12-19)17(24)22(2)3;/h8-9,14H,5-7,10-13,15H2,1-4H3,(H,20,21);1H. The van der Waals surface area contributed by atoms with Crippen LogP contribution < -0.4 is 5.32 Å². The van der Waals surface area contributed by atoms with Crippen molar-refractivity contribution in [2.45, 2.75) is 39.0 Å². The van der Waals surface area contributed by atoms with E-state index in [1.54, 1.807) is 16.2 Å². The fraction of sp³-hybridized carbons (Fsp3) is 0.684. The van der Waals surface area contributed by atoms with Crippen molar-refractivity contribution in [1.29, 1.82) is 0 Å². The van der Waals surface area contributed by atoms with Crippen LogP contribution in [0, 0.1) is 5.41 Å². The van der Waals surface area contributed by atoms with Gasteiger partial charge in [-0.05, 0) is 37.6 Å². The van der Waals surface area contributed by atoms with Gasteiger partial charge in [-0.25, -0.2) is 0 Å². The zero-order valence-electron chi connectivity index (χ0n) is 16.5. The molecular weight excluding hydrogens is 459 g/mol. The average Bonchev–Trinajstić information content (AvgIpc) is 3.28. The van der Waals surface area contributed by atoms with Gasteiger partial charge in [0.15, 0.2) is 5.96 Å². The summed E-state index contributed by atoms with van der Waals surface area (Å²) in [5, 5.41) is 5.49. The highest BCUT2D eigenvalue weighted by Gasteiger charge is 2.42. The van der Waals surface area contributed by atoms with Crippen molar-refractivity contribution in [2.24, 2.45) is 10.4 Å². The van der Waals surface area contributed by atoms with Gasteiger partial charge >= 0.3 is 0 Å². The van der Waals surface area contributed by atoms with Crippen molar-refractivity contribution < 1.29 is 4.79 Å². The molecule has 5 nitrogen and oxygen atoms in total. The Kier molecular flexibility index (Phi) is 9.92. The van der Waals surface area contributed by atoms with Gasteiger partial charge in [-0.15, -0.1) is 35.3 Å². The number of nitrogens with one attached hydrogen (secondary N) is 1. The molecule has 0 spiro atoms. The molecular formula is C19H33IN4OS. The fourth-order valence-corrected chi connectivity index (χ4v) is 4.20. The molecule has 7 heteroatoms. The van der Waals surface area contributed by atoms with Crippen LogP contribution in [0.15, 0.2) is 22.5 Å². The van der Waals surface area contributed by atoms with Crippen LogP contribution >= 0.6 is 35.3 Å². The van der Waals surface area contributed by atoms with Crippen LogP contribution in [0.2, 0.25) is 0 Å². The lowest BCUT2D eigenvalue weighted by atomic mass is 9.85. The molecule has 0 bridgehead atoms. The minimum absolute atomic E-state index is 0. The third kappa shape index (κ3) is 6.11. The summed E-state index contributed by atoms with van der Waals surface area (Å²) in [5.41, 5.74) is -0.307. The molecule has 0 radical (unpaired) electrons. The normalized spacial score (nSPS) is 16.1. The number of likely N-dealkylation sites (N-methyl/N-ethyl adjacent to an activating group) is 1. The van der Waals surface area contributed by atoms with Gasteiger partial charge in [0.1, 0.15) is 0 Å². The van der Waals surface area contributed by atoms with E-state index in [2.05, 4.69) is 41.7 Å². The molecule has 0 unspecified atom stereocenters. The largest absolute Gasteiger partial charge is 0.357 e. The lowest BCUT2D eigenvalue weighted by Crippen LogP contribution is -2.43. The summed E-state index contributed by atoms with van der Waals surface area (Å²) >= 11 is 1.79. The SMILES string of the molecule is CCNC(=NCC1(C(=O)N(C)C)CCCC1)N(C)CCc1cccs1.I. The zero-order valence-corrected chi connectivity index (χ0v) is 19.6. The zero-order chi connectivity index (χ0) is 18.3. The lowest BCUT2D eigenvalue weighted by Gasteiger charge is -2.30. The molecule has 1 aliphatic carbocycles. The van der Waals surface area contributed by atoms with Gasteiger partial charge in [0.25, 0.3) is 0 Å². The molecule has 26 heavy (non-hydrogen) atoms. The van der Waals surface area contributed by atoms with Gasteiger partial charge in [-0.3, -0.25) is 9.79 Å². The van der Waals surface area contributed by atoms with Crippen molar-refractivity contribution in [2.75, 3.05) is 40.8 Å². The first-order valence-corrected chi connectivity index (χ1v) is 10.1. The molecule has 1 N–H and O–H groups in total. The first-order chi connectivity index (χ1) is 12.0. The summed E-state index contributed by atoms with van der Waals surface area (Å²) in [5.74, 6) is 1.13. The van der Waals surface area contributed by atoms with Crippen LogP contribution in [-0.4, -0.2) is 62.4 Å². The van der Waals surface area contributed by atoms with Crippen LogP contribution in [0.4, 0.5) is 0 Å². The fourth-order valence-electron chi connectivity index (χ4n) is 3.50. The number of carbonyl (C=O) groups excluding carboxylic acids is 1. The van der Waals surface area contributed by atoms with Crippen LogP contribution in [0.1, 0.15) is 37.5 Å². The number of hydrogen-bond acceptors (Lipinski definition) is 3. The molecule has 0 aromatic carbocycles. The number of hydrogen-bond donors (Lipinski definition) is 1. The number of carbonyl (C=O) groups is 1. The molecule has 0 aliphatic heterocycles. The van der Waals surface area contributed by atoms with Gasteiger partial charge in [0.2, 0.25) is 5.91 Å². The monoisotopic (exact) mass is 492 g/mol. The van der Waals surface area contributed by atoms with Crippen molar-refractivity contribution in [3.8, 4) is 0 Å². The number of nitrogens with zero attached hydrogens (tertiary/aromatic N) is 3. The Labute approximate surface area is 179 Å². The molecule has 1 fully saturated rings. The highest BCUT2D eigenvalue weighted by atomic mass is 127.